The van der Waals surface area contributed by atoms with Gasteiger partial charge in [0.25, 0.3) is 0 Å². The standard InChI is InChI=1S/C19H25N3O2.ClH/c1-13-4-3-5-17(14(13)2)22-12-16(10-18(22)23)19(24)21-11-15-6-8-20-9-7-15;/h3-6,16,20H,7-12H2,1-2H3,(H,21,24);1H. The zero-order chi connectivity index (χ0) is 17.1. The highest BCUT2D eigenvalue weighted by Crippen LogP contribution is 2.29. The van der Waals surface area contributed by atoms with Gasteiger partial charge in [-0.3, -0.25) is 9.59 Å². The smallest absolute Gasteiger partial charge is 0.227 e. The first-order valence-corrected chi connectivity index (χ1v) is 8.59. The lowest BCUT2D eigenvalue weighted by Crippen LogP contribution is -2.35. The maximum atomic E-state index is 12.4. The molecule has 5 nitrogen and oxygen atoms in total. The molecule has 0 radical (unpaired) electrons. The molecule has 1 aromatic carbocycles. The number of amides is 2. The van der Waals surface area contributed by atoms with Gasteiger partial charge in [-0.1, -0.05) is 23.8 Å². The zero-order valence-electron chi connectivity index (χ0n) is 14.8. The quantitative estimate of drug-likeness (QED) is 0.805. The summed E-state index contributed by atoms with van der Waals surface area (Å²) in [6.07, 6.45) is 3.39. The summed E-state index contributed by atoms with van der Waals surface area (Å²) in [5.41, 5.74) is 4.45. The van der Waals surface area contributed by atoms with Crippen molar-refractivity contribution in [2.24, 2.45) is 5.92 Å². The lowest BCUT2D eigenvalue weighted by atomic mass is 10.1. The van der Waals surface area contributed by atoms with Gasteiger partial charge in [-0.05, 0) is 44.0 Å². The lowest BCUT2D eigenvalue weighted by Gasteiger charge is -2.20. The van der Waals surface area contributed by atoms with E-state index in [0.717, 1.165) is 36.3 Å². The Morgan fingerprint density at radius 1 is 1.36 bits per heavy atom. The molecule has 0 spiro atoms. The molecular formula is C19H26ClN3O2. The van der Waals surface area contributed by atoms with Gasteiger partial charge in [0, 0.05) is 31.7 Å². The number of rotatable bonds is 4. The molecule has 0 aliphatic carbocycles. The number of carbonyl (C=O) groups is 2. The number of benzene rings is 1. The fourth-order valence-corrected chi connectivity index (χ4v) is 3.32. The average molecular weight is 364 g/mol. The van der Waals surface area contributed by atoms with Gasteiger partial charge in [0.1, 0.15) is 0 Å². The molecule has 0 bridgehead atoms. The summed E-state index contributed by atoms with van der Waals surface area (Å²) in [6.45, 7) is 6.95. The van der Waals surface area contributed by atoms with E-state index in [-0.39, 0.29) is 30.1 Å². The Morgan fingerprint density at radius 2 is 2.16 bits per heavy atom. The molecule has 1 aromatic rings. The number of hydrogen-bond donors (Lipinski definition) is 2. The molecular weight excluding hydrogens is 338 g/mol. The molecule has 1 atom stereocenters. The Balaban J connectivity index is 0.00000225. The maximum absolute atomic E-state index is 12.4. The average Bonchev–Trinajstić information content (AvgIpc) is 2.98. The largest absolute Gasteiger partial charge is 0.352 e. The molecule has 2 amide bonds. The molecule has 1 saturated heterocycles. The summed E-state index contributed by atoms with van der Waals surface area (Å²) in [4.78, 5) is 26.6. The van der Waals surface area contributed by atoms with E-state index in [1.165, 1.54) is 5.57 Å². The minimum absolute atomic E-state index is 0. The third-order valence-electron chi connectivity index (χ3n) is 5.01. The van der Waals surface area contributed by atoms with E-state index in [0.29, 0.717) is 19.5 Å². The van der Waals surface area contributed by atoms with Crippen molar-refractivity contribution in [3.05, 3.63) is 41.0 Å². The molecule has 1 fully saturated rings. The van der Waals surface area contributed by atoms with Crippen LogP contribution in [0.5, 0.6) is 0 Å². The van der Waals surface area contributed by atoms with Crippen molar-refractivity contribution in [2.75, 3.05) is 31.1 Å². The van der Waals surface area contributed by atoms with E-state index in [1.807, 2.05) is 32.0 Å². The van der Waals surface area contributed by atoms with Gasteiger partial charge in [-0.25, -0.2) is 0 Å². The summed E-state index contributed by atoms with van der Waals surface area (Å²) in [5.74, 6) is -0.250. The molecule has 1 unspecified atom stereocenters. The second-order valence-electron chi connectivity index (χ2n) is 6.66. The van der Waals surface area contributed by atoms with Crippen LogP contribution < -0.4 is 15.5 Å². The lowest BCUT2D eigenvalue weighted by molar-refractivity contribution is -0.126. The zero-order valence-corrected chi connectivity index (χ0v) is 15.6. The summed E-state index contributed by atoms with van der Waals surface area (Å²) in [5, 5.41) is 6.26. The van der Waals surface area contributed by atoms with Gasteiger partial charge in [0.05, 0.1) is 5.92 Å². The minimum atomic E-state index is -0.264. The SMILES string of the molecule is Cc1cccc(N2CC(C(=O)NCC3=CCNCC3)CC2=O)c1C.Cl. The number of carbonyl (C=O) groups excluding carboxylic acids is 2. The highest BCUT2D eigenvalue weighted by Gasteiger charge is 2.35. The predicted molar refractivity (Wildman–Crippen MR) is 102 cm³/mol. The summed E-state index contributed by atoms with van der Waals surface area (Å²) in [6, 6.07) is 5.96. The van der Waals surface area contributed by atoms with Gasteiger partial charge < -0.3 is 15.5 Å². The van der Waals surface area contributed by atoms with E-state index < -0.39 is 0 Å². The Labute approximate surface area is 155 Å². The van der Waals surface area contributed by atoms with Crippen LogP contribution in [0.15, 0.2) is 29.8 Å². The van der Waals surface area contributed by atoms with E-state index >= 15 is 0 Å². The Morgan fingerprint density at radius 3 is 2.88 bits per heavy atom. The summed E-state index contributed by atoms with van der Waals surface area (Å²) < 4.78 is 0. The second-order valence-corrected chi connectivity index (χ2v) is 6.66. The normalized spacial score (nSPS) is 20.1. The second kappa shape index (κ2) is 8.50. The summed E-state index contributed by atoms with van der Waals surface area (Å²) >= 11 is 0. The van der Waals surface area contributed by atoms with Crippen molar-refractivity contribution in [3.8, 4) is 0 Å². The minimum Gasteiger partial charge on any atom is -0.352 e. The monoisotopic (exact) mass is 363 g/mol. The molecule has 2 heterocycles. The molecule has 0 aromatic heterocycles. The van der Waals surface area contributed by atoms with E-state index in [4.69, 9.17) is 0 Å². The summed E-state index contributed by atoms with van der Waals surface area (Å²) in [7, 11) is 0. The van der Waals surface area contributed by atoms with Crippen LogP contribution in [0.3, 0.4) is 0 Å². The highest BCUT2D eigenvalue weighted by molar-refractivity contribution is 6.00. The molecule has 3 rings (SSSR count). The fraction of sp³-hybridized carbons (Fsp3) is 0.474. The van der Waals surface area contributed by atoms with Crippen molar-refractivity contribution < 1.29 is 9.59 Å². The van der Waals surface area contributed by atoms with Crippen molar-refractivity contribution >= 4 is 29.9 Å². The van der Waals surface area contributed by atoms with Gasteiger partial charge in [-0.15, -0.1) is 12.4 Å². The molecule has 6 heteroatoms. The predicted octanol–water partition coefficient (Wildman–Crippen LogP) is 2.11. The number of aryl methyl sites for hydroxylation is 1. The number of nitrogens with zero attached hydrogens (tertiary/aromatic N) is 1. The highest BCUT2D eigenvalue weighted by atomic mass is 35.5. The van der Waals surface area contributed by atoms with Crippen LogP contribution in [0, 0.1) is 19.8 Å². The first-order valence-electron chi connectivity index (χ1n) is 8.59. The number of nitrogens with one attached hydrogen (secondary N) is 2. The van der Waals surface area contributed by atoms with Crippen LogP contribution in [0.2, 0.25) is 0 Å². The van der Waals surface area contributed by atoms with Gasteiger partial charge in [0.2, 0.25) is 11.8 Å². The van der Waals surface area contributed by atoms with Crippen LogP contribution in [0.1, 0.15) is 24.0 Å². The third-order valence-corrected chi connectivity index (χ3v) is 5.01. The van der Waals surface area contributed by atoms with E-state index in [1.54, 1.807) is 4.90 Å². The topological polar surface area (TPSA) is 61.4 Å². The van der Waals surface area contributed by atoms with E-state index in [9.17, 15) is 9.59 Å². The molecule has 136 valence electrons. The molecule has 2 aliphatic rings. The van der Waals surface area contributed by atoms with Crippen LogP contribution in [-0.2, 0) is 9.59 Å². The fourth-order valence-electron chi connectivity index (χ4n) is 3.32. The number of anilines is 1. The van der Waals surface area contributed by atoms with Crippen molar-refractivity contribution in [3.63, 3.8) is 0 Å². The van der Waals surface area contributed by atoms with Crippen LogP contribution >= 0.6 is 12.4 Å². The van der Waals surface area contributed by atoms with Crippen molar-refractivity contribution in [1.82, 2.24) is 10.6 Å². The maximum Gasteiger partial charge on any atom is 0.227 e. The molecule has 2 N–H and O–H groups in total. The Bertz CT molecular complexity index is 687. The first-order chi connectivity index (χ1) is 11.6. The van der Waals surface area contributed by atoms with Gasteiger partial charge in [0.15, 0.2) is 0 Å². The van der Waals surface area contributed by atoms with Gasteiger partial charge >= 0.3 is 0 Å². The van der Waals surface area contributed by atoms with Crippen LogP contribution in [-0.4, -0.2) is 38.0 Å². The first kappa shape index (κ1) is 19.5. The van der Waals surface area contributed by atoms with Crippen LogP contribution in [0.25, 0.3) is 0 Å². The molecule has 2 aliphatic heterocycles. The van der Waals surface area contributed by atoms with Crippen LogP contribution in [0.4, 0.5) is 5.69 Å². The van der Waals surface area contributed by atoms with Crippen molar-refractivity contribution in [2.45, 2.75) is 26.7 Å². The van der Waals surface area contributed by atoms with E-state index in [2.05, 4.69) is 16.7 Å². The molecule has 0 saturated carbocycles. The molecule has 25 heavy (non-hydrogen) atoms. The Hall–Kier alpha value is -1.85. The number of hydrogen-bond acceptors (Lipinski definition) is 3. The number of halogens is 1. The van der Waals surface area contributed by atoms with Gasteiger partial charge in [-0.2, -0.15) is 0 Å². The third kappa shape index (κ3) is 4.41. The van der Waals surface area contributed by atoms with Crippen molar-refractivity contribution in [1.29, 1.82) is 0 Å². The Kier molecular flexibility index (Phi) is 6.62.